The van der Waals surface area contributed by atoms with E-state index in [-0.39, 0.29) is 5.97 Å². The van der Waals surface area contributed by atoms with Gasteiger partial charge in [-0.25, -0.2) is 0 Å². The molecule has 0 saturated heterocycles. The van der Waals surface area contributed by atoms with Gasteiger partial charge in [0, 0.05) is 0 Å². The van der Waals surface area contributed by atoms with Gasteiger partial charge in [0.2, 0.25) is 0 Å². The number of carbonyl (C=O) groups excluding carboxylic acids is 1. The summed E-state index contributed by atoms with van der Waals surface area (Å²) >= 11 is 0. The van der Waals surface area contributed by atoms with E-state index >= 15 is 0 Å². The molecule has 2 aromatic rings. The fourth-order valence-corrected chi connectivity index (χ4v) is 3.23. The first-order chi connectivity index (χ1) is 10.7. The van der Waals surface area contributed by atoms with Gasteiger partial charge in [-0.15, -0.1) is 0 Å². The van der Waals surface area contributed by atoms with Gasteiger partial charge in [-0.2, -0.15) is 0 Å². The molecule has 1 unspecified atom stereocenters. The van der Waals surface area contributed by atoms with Crippen LogP contribution in [0.5, 0.6) is 0 Å². The first kappa shape index (κ1) is 14.6. The van der Waals surface area contributed by atoms with Crippen molar-refractivity contribution in [2.24, 2.45) is 5.41 Å². The van der Waals surface area contributed by atoms with E-state index in [1.54, 1.807) is 0 Å². The third-order valence-electron chi connectivity index (χ3n) is 4.38. The highest BCUT2D eigenvalue weighted by molar-refractivity contribution is 6.09. The average Bonchev–Trinajstić information content (AvgIpc) is 3.14. The van der Waals surface area contributed by atoms with E-state index in [0.717, 1.165) is 22.3 Å². The summed E-state index contributed by atoms with van der Waals surface area (Å²) in [6, 6.07) is 20.3. The molecular formula is C20H20O2. The minimum atomic E-state index is -0.585. The van der Waals surface area contributed by atoms with Crippen molar-refractivity contribution in [3.05, 3.63) is 77.4 Å². The second-order valence-electron chi connectivity index (χ2n) is 5.65. The SMILES string of the molecule is CCOC(=O)C1(Cc2ccccc2)C(C)=C1c1ccccc1. The van der Waals surface area contributed by atoms with Crippen LogP contribution in [-0.4, -0.2) is 12.6 Å². The molecule has 2 nitrogen and oxygen atoms in total. The Balaban J connectivity index is 1.95. The molecule has 0 aliphatic heterocycles. The Bertz CT molecular complexity index is 701. The van der Waals surface area contributed by atoms with Crippen molar-refractivity contribution in [1.82, 2.24) is 0 Å². The smallest absolute Gasteiger partial charge is 0.321 e. The number of benzene rings is 2. The van der Waals surface area contributed by atoms with E-state index in [9.17, 15) is 4.79 Å². The Hall–Kier alpha value is -2.35. The zero-order chi connectivity index (χ0) is 15.6. The molecule has 22 heavy (non-hydrogen) atoms. The van der Waals surface area contributed by atoms with Crippen molar-refractivity contribution in [3.8, 4) is 0 Å². The van der Waals surface area contributed by atoms with Crippen molar-refractivity contribution in [2.45, 2.75) is 20.3 Å². The second kappa shape index (κ2) is 5.80. The van der Waals surface area contributed by atoms with E-state index in [4.69, 9.17) is 4.74 Å². The van der Waals surface area contributed by atoms with E-state index in [2.05, 4.69) is 24.3 Å². The first-order valence-electron chi connectivity index (χ1n) is 7.68. The molecule has 0 spiro atoms. The third kappa shape index (κ3) is 2.35. The van der Waals surface area contributed by atoms with Crippen LogP contribution in [0.15, 0.2) is 66.2 Å². The highest BCUT2D eigenvalue weighted by atomic mass is 16.5. The van der Waals surface area contributed by atoms with Gasteiger partial charge >= 0.3 is 5.97 Å². The number of carbonyl (C=O) groups is 1. The van der Waals surface area contributed by atoms with Crippen LogP contribution < -0.4 is 0 Å². The average molecular weight is 292 g/mol. The molecular weight excluding hydrogens is 272 g/mol. The molecule has 0 radical (unpaired) electrons. The van der Waals surface area contributed by atoms with Crippen molar-refractivity contribution in [3.63, 3.8) is 0 Å². The predicted molar refractivity (Wildman–Crippen MR) is 88.2 cm³/mol. The Morgan fingerprint density at radius 3 is 2.18 bits per heavy atom. The monoisotopic (exact) mass is 292 g/mol. The molecule has 0 bridgehead atoms. The Kier molecular flexibility index (Phi) is 3.84. The molecule has 0 saturated carbocycles. The lowest BCUT2D eigenvalue weighted by molar-refractivity contribution is -0.148. The normalized spacial score (nSPS) is 19.9. The molecule has 1 aliphatic rings. The standard InChI is InChI=1S/C20H20O2/c1-3-22-19(21)20(14-16-10-6-4-7-11-16)15(2)18(20)17-12-8-5-9-13-17/h4-13H,3,14H2,1-2H3. The molecule has 0 N–H and O–H groups in total. The van der Waals surface area contributed by atoms with Crippen LogP contribution in [0, 0.1) is 5.41 Å². The van der Waals surface area contributed by atoms with Gasteiger partial charge in [0.15, 0.2) is 0 Å². The van der Waals surface area contributed by atoms with Crippen LogP contribution in [-0.2, 0) is 16.0 Å². The van der Waals surface area contributed by atoms with E-state index in [1.165, 1.54) is 0 Å². The zero-order valence-corrected chi connectivity index (χ0v) is 13.0. The quantitative estimate of drug-likeness (QED) is 0.769. The summed E-state index contributed by atoms with van der Waals surface area (Å²) in [5.41, 5.74) is 3.93. The van der Waals surface area contributed by atoms with Gasteiger partial charge in [-0.05, 0) is 42.5 Å². The maximum absolute atomic E-state index is 12.7. The maximum Gasteiger partial charge on any atom is 0.321 e. The molecule has 0 heterocycles. The first-order valence-corrected chi connectivity index (χ1v) is 7.68. The van der Waals surface area contributed by atoms with Crippen molar-refractivity contribution in [2.75, 3.05) is 6.61 Å². The summed E-state index contributed by atoms with van der Waals surface area (Å²) in [6.07, 6.45) is 0.669. The Labute approximate surface area is 131 Å². The Morgan fingerprint density at radius 2 is 1.59 bits per heavy atom. The van der Waals surface area contributed by atoms with Crippen molar-refractivity contribution < 1.29 is 9.53 Å². The van der Waals surface area contributed by atoms with Crippen molar-refractivity contribution >= 4 is 11.5 Å². The largest absolute Gasteiger partial charge is 0.465 e. The topological polar surface area (TPSA) is 26.3 Å². The van der Waals surface area contributed by atoms with Gasteiger partial charge in [-0.3, -0.25) is 4.79 Å². The number of ether oxygens (including phenoxy) is 1. The lowest BCUT2D eigenvalue weighted by atomic mass is 9.87. The number of hydrogen-bond donors (Lipinski definition) is 0. The fourth-order valence-electron chi connectivity index (χ4n) is 3.23. The summed E-state index contributed by atoms with van der Waals surface area (Å²) in [6.45, 7) is 4.31. The number of rotatable bonds is 5. The molecule has 1 aliphatic carbocycles. The van der Waals surface area contributed by atoms with E-state index < -0.39 is 5.41 Å². The lowest BCUT2D eigenvalue weighted by Crippen LogP contribution is -2.26. The molecule has 0 fully saturated rings. The summed E-state index contributed by atoms with van der Waals surface area (Å²) in [7, 11) is 0. The molecule has 2 aromatic carbocycles. The fraction of sp³-hybridized carbons (Fsp3) is 0.250. The summed E-state index contributed by atoms with van der Waals surface area (Å²) in [4.78, 5) is 12.7. The molecule has 0 aromatic heterocycles. The van der Waals surface area contributed by atoms with Crippen LogP contribution in [0.1, 0.15) is 25.0 Å². The van der Waals surface area contributed by atoms with Gasteiger partial charge in [0.25, 0.3) is 0 Å². The highest BCUT2D eigenvalue weighted by Crippen LogP contribution is 2.60. The molecule has 2 heteroatoms. The van der Waals surface area contributed by atoms with Gasteiger partial charge in [0.05, 0.1) is 6.61 Å². The molecule has 0 amide bonds. The lowest BCUT2D eigenvalue weighted by Gasteiger charge is -2.18. The van der Waals surface area contributed by atoms with Crippen LogP contribution >= 0.6 is 0 Å². The maximum atomic E-state index is 12.7. The number of hydrogen-bond acceptors (Lipinski definition) is 2. The second-order valence-corrected chi connectivity index (χ2v) is 5.65. The molecule has 1 atom stereocenters. The molecule has 3 rings (SSSR count). The van der Waals surface area contributed by atoms with Gasteiger partial charge in [0.1, 0.15) is 5.41 Å². The third-order valence-corrected chi connectivity index (χ3v) is 4.38. The van der Waals surface area contributed by atoms with Crippen LogP contribution in [0.4, 0.5) is 0 Å². The Morgan fingerprint density at radius 1 is 1.00 bits per heavy atom. The predicted octanol–water partition coefficient (Wildman–Crippen LogP) is 4.27. The highest BCUT2D eigenvalue weighted by Gasteiger charge is 2.58. The van der Waals surface area contributed by atoms with Crippen LogP contribution in [0.3, 0.4) is 0 Å². The van der Waals surface area contributed by atoms with Crippen LogP contribution in [0.25, 0.3) is 5.57 Å². The summed E-state index contributed by atoms with van der Waals surface area (Å²) in [5.74, 6) is -0.129. The van der Waals surface area contributed by atoms with E-state index in [1.807, 2.05) is 50.2 Å². The van der Waals surface area contributed by atoms with Crippen molar-refractivity contribution in [1.29, 1.82) is 0 Å². The molecule has 112 valence electrons. The minimum absolute atomic E-state index is 0.129. The van der Waals surface area contributed by atoms with Gasteiger partial charge < -0.3 is 4.74 Å². The minimum Gasteiger partial charge on any atom is -0.465 e. The summed E-state index contributed by atoms with van der Waals surface area (Å²) in [5, 5.41) is 0. The number of esters is 1. The zero-order valence-electron chi connectivity index (χ0n) is 13.0. The summed E-state index contributed by atoms with van der Waals surface area (Å²) < 4.78 is 5.38. The van der Waals surface area contributed by atoms with Gasteiger partial charge in [-0.1, -0.05) is 60.7 Å². The van der Waals surface area contributed by atoms with E-state index in [0.29, 0.717) is 13.0 Å². The van der Waals surface area contributed by atoms with Crippen LogP contribution in [0.2, 0.25) is 0 Å².